The zero-order chi connectivity index (χ0) is 18.4. The fourth-order valence-corrected chi connectivity index (χ4v) is 2.69. The monoisotopic (exact) mass is 384 g/mol. The van der Waals surface area contributed by atoms with Crippen molar-refractivity contribution in [2.45, 2.75) is 0 Å². The molecule has 2 N–H and O–H groups in total. The van der Waals surface area contributed by atoms with E-state index in [1.165, 1.54) is 0 Å². The molecule has 3 aromatic rings. The second-order valence-corrected chi connectivity index (χ2v) is 6.21. The zero-order valence-electron chi connectivity index (χ0n) is 14.0. The molecule has 26 heavy (non-hydrogen) atoms. The summed E-state index contributed by atoms with van der Waals surface area (Å²) in [5.74, 6) is 2.09. The van der Waals surface area contributed by atoms with Gasteiger partial charge in [-0.15, -0.1) is 0 Å². The summed E-state index contributed by atoms with van der Waals surface area (Å²) in [4.78, 5) is 0. The molecule has 0 aliphatic rings. The fourth-order valence-electron chi connectivity index (χ4n) is 2.29. The van der Waals surface area contributed by atoms with Gasteiger partial charge in [-0.3, -0.25) is 0 Å². The molecule has 0 saturated heterocycles. The van der Waals surface area contributed by atoms with Gasteiger partial charge in [-0.2, -0.15) is 0 Å². The van der Waals surface area contributed by atoms with Crippen molar-refractivity contribution in [2.24, 2.45) is 0 Å². The molecule has 0 aliphatic heterocycles. The van der Waals surface area contributed by atoms with E-state index >= 15 is 0 Å². The molecule has 0 amide bonds. The maximum Gasteiger partial charge on any atom is 0.175 e. The molecule has 0 spiro atoms. The van der Waals surface area contributed by atoms with Crippen LogP contribution in [0.5, 0.6) is 17.2 Å². The van der Waals surface area contributed by atoms with Crippen LogP contribution in [0, 0.1) is 0 Å². The maximum absolute atomic E-state index is 6.13. The van der Waals surface area contributed by atoms with Crippen molar-refractivity contribution < 1.29 is 9.47 Å². The summed E-state index contributed by atoms with van der Waals surface area (Å²) >= 11 is 11.5. The van der Waals surface area contributed by atoms with Crippen LogP contribution in [0.25, 0.3) is 0 Å². The summed E-state index contributed by atoms with van der Waals surface area (Å²) in [7, 11) is 1.62. The number of nitrogens with one attached hydrogen (secondary N) is 2. The summed E-state index contributed by atoms with van der Waals surface area (Å²) in [6, 6.07) is 22.3. The van der Waals surface area contributed by atoms with E-state index < -0.39 is 0 Å². The first-order valence-corrected chi connectivity index (χ1v) is 8.67. The predicted molar refractivity (Wildman–Crippen MR) is 111 cm³/mol. The SMILES string of the molecule is COc1cccc(NC(=S)Nc2cc(Cl)ccc2Oc2ccccc2)c1. The molecule has 0 bridgehead atoms. The van der Waals surface area contributed by atoms with Crippen LogP contribution < -0.4 is 20.1 Å². The topological polar surface area (TPSA) is 42.5 Å². The van der Waals surface area contributed by atoms with Crippen LogP contribution in [0.15, 0.2) is 72.8 Å². The lowest BCUT2D eigenvalue weighted by atomic mass is 10.3. The van der Waals surface area contributed by atoms with Crippen molar-refractivity contribution in [3.8, 4) is 17.2 Å². The molecular formula is C20H17ClN2O2S. The molecule has 4 nitrogen and oxygen atoms in total. The number of para-hydroxylation sites is 1. The van der Waals surface area contributed by atoms with Gasteiger partial charge in [0.1, 0.15) is 11.5 Å². The van der Waals surface area contributed by atoms with Crippen molar-refractivity contribution in [3.63, 3.8) is 0 Å². The third-order valence-corrected chi connectivity index (χ3v) is 3.93. The highest BCUT2D eigenvalue weighted by molar-refractivity contribution is 7.80. The van der Waals surface area contributed by atoms with E-state index in [0.29, 0.717) is 21.6 Å². The molecule has 0 aromatic heterocycles. The molecule has 0 unspecified atom stereocenters. The predicted octanol–water partition coefficient (Wildman–Crippen LogP) is 5.95. The van der Waals surface area contributed by atoms with Gasteiger partial charge in [-0.05, 0) is 54.7 Å². The van der Waals surface area contributed by atoms with Gasteiger partial charge in [0, 0.05) is 16.8 Å². The van der Waals surface area contributed by atoms with E-state index in [9.17, 15) is 0 Å². The Morgan fingerprint density at radius 1 is 0.885 bits per heavy atom. The summed E-state index contributed by atoms with van der Waals surface area (Å²) < 4.78 is 11.1. The summed E-state index contributed by atoms with van der Waals surface area (Å²) in [6.45, 7) is 0. The van der Waals surface area contributed by atoms with Crippen molar-refractivity contribution in [3.05, 3.63) is 77.8 Å². The third-order valence-electron chi connectivity index (χ3n) is 3.49. The number of anilines is 2. The lowest BCUT2D eigenvalue weighted by molar-refractivity contribution is 0.415. The van der Waals surface area contributed by atoms with Crippen LogP contribution in [0.4, 0.5) is 11.4 Å². The van der Waals surface area contributed by atoms with E-state index in [0.717, 1.165) is 17.2 Å². The number of ether oxygens (including phenoxy) is 2. The highest BCUT2D eigenvalue weighted by atomic mass is 35.5. The smallest absolute Gasteiger partial charge is 0.175 e. The first-order valence-electron chi connectivity index (χ1n) is 7.88. The van der Waals surface area contributed by atoms with Crippen LogP contribution >= 0.6 is 23.8 Å². The van der Waals surface area contributed by atoms with Crippen molar-refractivity contribution >= 4 is 40.3 Å². The Kier molecular flexibility index (Phi) is 5.94. The van der Waals surface area contributed by atoms with Crippen molar-refractivity contribution in [1.29, 1.82) is 0 Å². The van der Waals surface area contributed by atoms with Crippen LogP contribution in [0.2, 0.25) is 5.02 Å². The van der Waals surface area contributed by atoms with Crippen LogP contribution in [0.3, 0.4) is 0 Å². The zero-order valence-corrected chi connectivity index (χ0v) is 15.6. The number of hydrogen-bond acceptors (Lipinski definition) is 3. The molecule has 0 radical (unpaired) electrons. The Labute approximate surface area is 162 Å². The minimum absolute atomic E-state index is 0.415. The van der Waals surface area contributed by atoms with Crippen LogP contribution in [-0.4, -0.2) is 12.2 Å². The number of thiocarbonyl (C=S) groups is 1. The number of halogens is 1. The van der Waals surface area contributed by atoms with Gasteiger partial charge < -0.3 is 20.1 Å². The minimum atomic E-state index is 0.415. The molecule has 6 heteroatoms. The Bertz CT molecular complexity index is 903. The van der Waals surface area contributed by atoms with Gasteiger partial charge in [0.15, 0.2) is 10.9 Å². The van der Waals surface area contributed by atoms with Gasteiger partial charge in [-0.1, -0.05) is 35.9 Å². The quantitative estimate of drug-likeness (QED) is 0.532. The molecule has 3 aromatic carbocycles. The molecule has 3 rings (SSSR count). The summed E-state index contributed by atoms with van der Waals surface area (Å²) in [5.41, 5.74) is 1.48. The Balaban J connectivity index is 1.75. The average Bonchev–Trinajstić information content (AvgIpc) is 2.65. The highest BCUT2D eigenvalue weighted by Gasteiger charge is 2.09. The van der Waals surface area contributed by atoms with E-state index in [4.69, 9.17) is 33.3 Å². The number of benzene rings is 3. The van der Waals surface area contributed by atoms with Crippen molar-refractivity contribution in [2.75, 3.05) is 17.7 Å². The minimum Gasteiger partial charge on any atom is -0.497 e. The Morgan fingerprint density at radius 2 is 1.65 bits per heavy atom. The summed E-state index contributed by atoms with van der Waals surface area (Å²) in [6.07, 6.45) is 0. The molecular weight excluding hydrogens is 368 g/mol. The number of hydrogen-bond donors (Lipinski definition) is 2. The highest BCUT2D eigenvalue weighted by Crippen LogP contribution is 2.32. The summed E-state index contributed by atoms with van der Waals surface area (Å²) in [5, 5.41) is 7.24. The first-order chi connectivity index (χ1) is 12.6. The van der Waals surface area contributed by atoms with E-state index in [2.05, 4.69) is 10.6 Å². The second kappa shape index (κ2) is 8.56. The van der Waals surface area contributed by atoms with Gasteiger partial charge in [0.05, 0.1) is 12.8 Å². The Hall–Kier alpha value is -2.76. The van der Waals surface area contributed by atoms with E-state index in [1.807, 2.05) is 54.6 Å². The van der Waals surface area contributed by atoms with Gasteiger partial charge in [0.25, 0.3) is 0 Å². The van der Waals surface area contributed by atoms with Gasteiger partial charge >= 0.3 is 0 Å². The van der Waals surface area contributed by atoms with E-state index in [1.54, 1.807) is 25.3 Å². The average molecular weight is 385 g/mol. The maximum atomic E-state index is 6.13. The Morgan fingerprint density at radius 3 is 2.42 bits per heavy atom. The molecule has 0 atom stereocenters. The number of rotatable bonds is 5. The third kappa shape index (κ3) is 4.88. The lowest BCUT2D eigenvalue weighted by Crippen LogP contribution is -2.19. The van der Waals surface area contributed by atoms with Gasteiger partial charge in [0.2, 0.25) is 0 Å². The fraction of sp³-hybridized carbons (Fsp3) is 0.0500. The largest absolute Gasteiger partial charge is 0.497 e. The van der Waals surface area contributed by atoms with E-state index in [-0.39, 0.29) is 0 Å². The molecule has 0 saturated carbocycles. The molecule has 0 fully saturated rings. The van der Waals surface area contributed by atoms with Crippen molar-refractivity contribution in [1.82, 2.24) is 0 Å². The molecule has 0 aliphatic carbocycles. The number of methoxy groups -OCH3 is 1. The van der Waals surface area contributed by atoms with Gasteiger partial charge in [-0.25, -0.2) is 0 Å². The second-order valence-electron chi connectivity index (χ2n) is 5.37. The normalized spacial score (nSPS) is 10.1. The molecule has 0 heterocycles. The first kappa shape index (κ1) is 18.0. The standard InChI is InChI=1S/C20H17ClN2O2S/c1-24-17-9-5-6-15(13-17)22-20(26)23-18-12-14(21)10-11-19(18)25-16-7-3-2-4-8-16/h2-13H,1H3,(H2,22,23,26). The van der Waals surface area contributed by atoms with Crippen LogP contribution in [0.1, 0.15) is 0 Å². The molecule has 132 valence electrons. The lowest BCUT2D eigenvalue weighted by Gasteiger charge is -2.15. The van der Waals surface area contributed by atoms with Crippen LogP contribution in [-0.2, 0) is 0 Å².